The molecule has 0 radical (unpaired) electrons. The van der Waals surface area contributed by atoms with Crippen molar-refractivity contribution in [3.8, 4) is 28.4 Å². The predicted octanol–water partition coefficient (Wildman–Crippen LogP) is 4.81. The summed E-state index contributed by atoms with van der Waals surface area (Å²) in [5, 5.41) is 2.80. The van der Waals surface area contributed by atoms with Gasteiger partial charge in [-0.15, -0.1) is 13.2 Å². The smallest absolute Gasteiger partial charge is 0.454 e. The van der Waals surface area contributed by atoms with E-state index in [9.17, 15) is 26.4 Å². The van der Waals surface area contributed by atoms with Crippen LogP contribution in [0.5, 0.6) is 17.2 Å². The second-order valence-corrected chi connectivity index (χ2v) is 10.5. The first kappa shape index (κ1) is 24.9. The Morgan fingerprint density at radius 3 is 2.35 bits per heavy atom. The maximum atomic E-state index is 13.3. The molecule has 0 saturated heterocycles. The van der Waals surface area contributed by atoms with E-state index in [0.717, 1.165) is 11.6 Å². The molecular weight excluding hydrogens is 513 g/mol. The van der Waals surface area contributed by atoms with Crippen molar-refractivity contribution in [3.63, 3.8) is 0 Å². The molecule has 0 aromatic heterocycles. The number of fused-ring (bicyclic) bond motifs is 1. The van der Waals surface area contributed by atoms with Crippen LogP contribution in [0.1, 0.15) is 19.8 Å². The molecule has 2 aliphatic rings. The number of hydrogen-bond acceptors (Lipinski definition) is 6. The summed E-state index contributed by atoms with van der Waals surface area (Å²) in [4.78, 5) is 13.2. The van der Waals surface area contributed by atoms with Gasteiger partial charge < -0.3 is 19.5 Å². The molecule has 0 spiro atoms. The third-order valence-corrected chi connectivity index (χ3v) is 7.75. The number of benzene rings is 3. The molecule has 2 N–H and O–H groups in total. The molecule has 1 aliphatic carbocycles. The van der Waals surface area contributed by atoms with Crippen molar-refractivity contribution in [2.45, 2.75) is 29.5 Å². The Hall–Kier alpha value is -3.77. The summed E-state index contributed by atoms with van der Waals surface area (Å²) < 4.78 is 80.3. The zero-order chi connectivity index (χ0) is 26.4. The number of carbonyl (C=O) groups is 1. The molecule has 12 heteroatoms. The number of hydrogen-bond donors (Lipinski definition) is 2. The summed E-state index contributed by atoms with van der Waals surface area (Å²) in [6.45, 7) is 0.106. The van der Waals surface area contributed by atoms with Crippen molar-refractivity contribution in [2.75, 3.05) is 19.2 Å². The average Bonchev–Trinajstić information content (AvgIpc) is 3.55. The highest BCUT2D eigenvalue weighted by Crippen LogP contribution is 2.51. The molecule has 5 rings (SSSR count). The Kier molecular flexibility index (Phi) is 6.03. The minimum atomic E-state index is -4.95. The SMILES string of the molecule is CNS(=O)(=O)c1ccc(-c2cc(NC(=O)C3(c4ccc5c(c4)OCO5)CC3)ccc2OC(F)(F)F)cc1.[HH]. The first-order chi connectivity index (χ1) is 17.5. The highest BCUT2D eigenvalue weighted by Gasteiger charge is 2.51. The van der Waals surface area contributed by atoms with Gasteiger partial charge in [0.15, 0.2) is 11.5 Å². The molecule has 1 saturated carbocycles. The van der Waals surface area contributed by atoms with Crippen LogP contribution in [0.2, 0.25) is 0 Å². The van der Waals surface area contributed by atoms with Gasteiger partial charge in [0.1, 0.15) is 5.75 Å². The predicted molar refractivity (Wildman–Crippen MR) is 129 cm³/mol. The fraction of sp³-hybridized carbons (Fsp3) is 0.240. The molecule has 0 bridgehead atoms. The molecule has 3 aromatic carbocycles. The molecule has 37 heavy (non-hydrogen) atoms. The number of alkyl halides is 3. The largest absolute Gasteiger partial charge is 0.573 e. The van der Waals surface area contributed by atoms with E-state index < -0.39 is 27.6 Å². The minimum absolute atomic E-state index is 0. The molecule has 1 amide bonds. The lowest BCUT2D eigenvalue weighted by Crippen LogP contribution is -2.27. The van der Waals surface area contributed by atoms with Crippen molar-refractivity contribution in [3.05, 3.63) is 66.2 Å². The molecule has 1 fully saturated rings. The number of rotatable bonds is 7. The molecule has 196 valence electrons. The van der Waals surface area contributed by atoms with Gasteiger partial charge in [-0.05, 0) is 73.5 Å². The number of sulfonamides is 1. The molecule has 1 heterocycles. The van der Waals surface area contributed by atoms with Gasteiger partial charge in [-0.1, -0.05) is 18.2 Å². The van der Waals surface area contributed by atoms with Crippen LogP contribution < -0.4 is 24.2 Å². The number of ether oxygens (including phenoxy) is 3. The lowest BCUT2D eigenvalue weighted by atomic mass is 9.94. The van der Waals surface area contributed by atoms with Gasteiger partial charge in [0.05, 0.1) is 10.3 Å². The number of carbonyl (C=O) groups excluding carboxylic acids is 1. The Balaban J connectivity index is 0.00000336. The highest BCUT2D eigenvalue weighted by atomic mass is 32.2. The van der Waals surface area contributed by atoms with Crippen LogP contribution in [0.3, 0.4) is 0 Å². The fourth-order valence-electron chi connectivity index (χ4n) is 4.20. The third kappa shape index (κ3) is 4.94. The van der Waals surface area contributed by atoms with Crippen molar-refractivity contribution in [1.29, 1.82) is 0 Å². The van der Waals surface area contributed by atoms with Gasteiger partial charge in [0.25, 0.3) is 0 Å². The van der Waals surface area contributed by atoms with E-state index in [-0.39, 0.29) is 35.8 Å². The standard InChI is InChI=1S/C25H21F3N2O6S.H2/c1-29-37(32,33)18-6-2-15(3-7-18)19-13-17(5-9-20(19)36-25(26,27)28)30-23(31)24(10-11-24)16-4-8-21-22(12-16)35-14-34-21;/h2-9,12-13,29H,10-11,14H2,1H3,(H,30,31);1H. The van der Waals surface area contributed by atoms with E-state index in [0.29, 0.717) is 24.3 Å². The second-order valence-electron chi connectivity index (χ2n) is 8.59. The van der Waals surface area contributed by atoms with Crippen molar-refractivity contribution < 1.29 is 42.0 Å². The maximum absolute atomic E-state index is 13.3. The first-order valence-electron chi connectivity index (χ1n) is 11.2. The lowest BCUT2D eigenvalue weighted by Gasteiger charge is -2.18. The summed E-state index contributed by atoms with van der Waals surface area (Å²) >= 11 is 0. The quantitative estimate of drug-likeness (QED) is 0.450. The minimum Gasteiger partial charge on any atom is -0.454 e. The van der Waals surface area contributed by atoms with Crippen molar-refractivity contribution >= 4 is 21.6 Å². The first-order valence-corrected chi connectivity index (χ1v) is 12.6. The number of nitrogens with one attached hydrogen (secondary N) is 2. The number of halogens is 3. The summed E-state index contributed by atoms with van der Waals surface area (Å²) in [5.41, 5.74) is 0.519. The van der Waals surface area contributed by atoms with E-state index in [2.05, 4.69) is 14.8 Å². The number of anilines is 1. The van der Waals surface area contributed by atoms with E-state index in [4.69, 9.17) is 9.47 Å². The molecule has 0 atom stereocenters. The Morgan fingerprint density at radius 1 is 1.00 bits per heavy atom. The molecule has 3 aromatic rings. The van der Waals surface area contributed by atoms with E-state index in [1.165, 1.54) is 43.4 Å². The highest BCUT2D eigenvalue weighted by molar-refractivity contribution is 7.89. The van der Waals surface area contributed by atoms with Gasteiger partial charge in [-0.25, -0.2) is 13.1 Å². The summed E-state index contributed by atoms with van der Waals surface area (Å²) in [6, 6.07) is 14.3. The van der Waals surface area contributed by atoms with Crippen molar-refractivity contribution in [1.82, 2.24) is 4.72 Å². The van der Waals surface area contributed by atoms with Crippen LogP contribution >= 0.6 is 0 Å². The molecule has 8 nitrogen and oxygen atoms in total. The van der Waals surface area contributed by atoms with Crippen LogP contribution in [-0.2, 0) is 20.2 Å². The van der Waals surface area contributed by atoms with Crippen LogP contribution in [0.25, 0.3) is 11.1 Å². The van der Waals surface area contributed by atoms with Gasteiger partial charge in [-0.2, -0.15) is 0 Å². The van der Waals surface area contributed by atoms with Crippen LogP contribution in [0.15, 0.2) is 65.6 Å². The average molecular weight is 537 g/mol. The van der Waals surface area contributed by atoms with Crippen LogP contribution in [0, 0.1) is 0 Å². The third-order valence-electron chi connectivity index (χ3n) is 6.32. The zero-order valence-corrected chi connectivity index (χ0v) is 20.2. The van der Waals surface area contributed by atoms with Gasteiger partial charge in [0.2, 0.25) is 22.7 Å². The van der Waals surface area contributed by atoms with Gasteiger partial charge in [0, 0.05) is 12.7 Å². The Bertz CT molecular complexity index is 1480. The van der Waals surface area contributed by atoms with Gasteiger partial charge in [-0.3, -0.25) is 4.79 Å². The molecular formula is C25H23F3N2O6S. The van der Waals surface area contributed by atoms with E-state index >= 15 is 0 Å². The second kappa shape index (κ2) is 8.96. The monoisotopic (exact) mass is 536 g/mol. The van der Waals surface area contributed by atoms with E-state index in [1.807, 2.05) is 0 Å². The zero-order valence-electron chi connectivity index (χ0n) is 19.4. The van der Waals surface area contributed by atoms with Crippen LogP contribution in [-0.4, -0.2) is 34.5 Å². The molecule has 0 unspecified atom stereocenters. The van der Waals surface area contributed by atoms with Crippen LogP contribution in [0.4, 0.5) is 18.9 Å². The normalized spacial score (nSPS) is 15.8. The lowest BCUT2D eigenvalue weighted by molar-refractivity contribution is -0.274. The van der Waals surface area contributed by atoms with Crippen molar-refractivity contribution in [2.24, 2.45) is 0 Å². The summed E-state index contributed by atoms with van der Waals surface area (Å²) in [7, 11) is -2.48. The Morgan fingerprint density at radius 2 is 1.70 bits per heavy atom. The Labute approximate surface area is 211 Å². The van der Waals surface area contributed by atoms with Gasteiger partial charge >= 0.3 is 6.36 Å². The topological polar surface area (TPSA) is 103 Å². The molecule has 1 aliphatic heterocycles. The summed E-state index contributed by atoms with van der Waals surface area (Å²) in [5.74, 6) is 0.346. The summed E-state index contributed by atoms with van der Waals surface area (Å²) in [6.07, 6.45) is -3.75. The fourth-order valence-corrected chi connectivity index (χ4v) is 4.93. The number of amides is 1. The maximum Gasteiger partial charge on any atom is 0.573 e. The van der Waals surface area contributed by atoms with E-state index in [1.54, 1.807) is 18.2 Å².